The minimum atomic E-state index is -0.722. The molecule has 1 atom stereocenters. The van der Waals surface area contributed by atoms with Gasteiger partial charge in [0.1, 0.15) is 18.2 Å². The second-order valence-electron chi connectivity index (χ2n) is 3.63. The van der Waals surface area contributed by atoms with E-state index in [1.807, 2.05) is 0 Å². The molecule has 1 unspecified atom stereocenters. The van der Waals surface area contributed by atoms with Crippen molar-refractivity contribution < 1.29 is 18.8 Å². The van der Waals surface area contributed by atoms with Crippen LogP contribution in [0.1, 0.15) is 24.4 Å². The van der Waals surface area contributed by atoms with Crippen LogP contribution in [0.5, 0.6) is 5.75 Å². The van der Waals surface area contributed by atoms with E-state index in [2.05, 4.69) is 5.16 Å². The number of halogens is 1. The number of hydrogen-bond acceptors (Lipinski definition) is 4. The molecule has 0 fully saturated rings. The van der Waals surface area contributed by atoms with Gasteiger partial charge in [-0.05, 0) is 19.1 Å². The summed E-state index contributed by atoms with van der Waals surface area (Å²) < 4.78 is 23.3. The fourth-order valence-electron chi connectivity index (χ4n) is 1.44. The number of nitrogens with zero attached hydrogens (tertiary/aromatic N) is 1. The first-order chi connectivity index (χ1) is 8.16. The maximum absolute atomic E-state index is 13.1. The molecule has 1 N–H and O–H groups in total. The van der Waals surface area contributed by atoms with Gasteiger partial charge < -0.3 is 14.4 Å². The molecule has 0 saturated heterocycles. The molecule has 0 bridgehead atoms. The molecule has 0 aliphatic heterocycles. The van der Waals surface area contributed by atoms with Crippen molar-refractivity contribution >= 4 is 0 Å². The zero-order valence-electron chi connectivity index (χ0n) is 9.26. The molecule has 1 heterocycles. The van der Waals surface area contributed by atoms with Crippen LogP contribution in [0.3, 0.4) is 0 Å². The lowest BCUT2D eigenvalue weighted by Gasteiger charge is -2.12. The largest absolute Gasteiger partial charge is 0.485 e. The third kappa shape index (κ3) is 2.82. The molecule has 1 aromatic carbocycles. The monoisotopic (exact) mass is 237 g/mol. The summed E-state index contributed by atoms with van der Waals surface area (Å²) in [5, 5.41) is 13.0. The van der Waals surface area contributed by atoms with Gasteiger partial charge >= 0.3 is 0 Å². The van der Waals surface area contributed by atoms with Gasteiger partial charge in [-0.1, -0.05) is 5.16 Å². The minimum absolute atomic E-state index is 0.142. The molecule has 1 aromatic heterocycles. The highest BCUT2D eigenvalue weighted by atomic mass is 19.1. The topological polar surface area (TPSA) is 55.5 Å². The lowest BCUT2D eigenvalue weighted by atomic mass is 10.1. The maximum atomic E-state index is 13.1. The van der Waals surface area contributed by atoms with E-state index in [-0.39, 0.29) is 6.61 Å². The predicted octanol–water partition coefficient (Wildman–Crippen LogP) is 2.45. The van der Waals surface area contributed by atoms with Crippen molar-refractivity contribution in [3.05, 3.63) is 47.6 Å². The van der Waals surface area contributed by atoms with E-state index >= 15 is 0 Å². The number of benzene rings is 1. The molecular weight excluding hydrogens is 225 g/mol. The van der Waals surface area contributed by atoms with Crippen LogP contribution in [0.25, 0.3) is 0 Å². The van der Waals surface area contributed by atoms with Gasteiger partial charge in [0.05, 0.1) is 12.3 Å². The Balaban J connectivity index is 2.16. The van der Waals surface area contributed by atoms with Crippen LogP contribution >= 0.6 is 0 Å². The van der Waals surface area contributed by atoms with Gasteiger partial charge in [-0.2, -0.15) is 0 Å². The lowest BCUT2D eigenvalue weighted by molar-refractivity contribution is 0.186. The first kappa shape index (κ1) is 11.6. The van der Waals surface area contributed by atoms with Crippen LogP contribution in [0, 0.1) is 5.82 Å². The minimum Gasteiger partial charge on any atom is -0.485 e. The van der Waals surface area contributed by atoms with E-state index in [1.165, 1.54) is 24.4 Å². The van der Waals surface area contributed by atoms with Crippen LogP contribution in [0.2, 0.25) is 0 Å². The maximum Gasteiger partial charge on any atom is 0.174 e. The zero-order valence-corrected chi connectivity index (χ0v) is 9.26. The Morgan fingerprint density at radius 3 is 2.94 bits per heavy atom. The number of aromatic nitrogens is 1. The first-order valence-electron chi connectivity index (χ1n) is 5.16. The Hall–Kier alpha value is -1.88. The zero-order chi connectivity index (χ0) is 12.3. The van der Waals surface area contributed by atoms with Gasteiger partial charge in [0.25, 0.3) is 0 Å². The van der Waals surface area contributed by atoms with Crippen molar-refractivity contribution in [1.82, 2.24) is 5.16 Å². The third-order valence-electron chi connectivity index (χ3n) is 2.29. The van der Waals surface area contributed by atoms with Crippen molar-refractivity contribution in [3.63, 3.8) is 0 Å². The summed E-state index contributed by atoms with van der Waals surface area (Å²) in [4.78, 5) is 0. The SMILES string of the molecule is CC(O)c1ccc(F)cc1OCc1ccno1. The Kier molecular flexibility index (Phi) is 3.39. The lowest BCUT2D eigenvalue weighted by Crippen LogP contribution is -2.01. The van der Waals surface area contributed by atoms with Gasteiger partial charge in [-0.25, -0.2) is 4.39 Å². The molecule has 0 amide bonds. The summed E-state index contributed by atoms with van der Waals surface area (Å²) in [7, 11) is 0. The molecule has 4 nitrogen and oxygen atoms in total. The summed E-state index contributed by atoms with van der Waals surface area (Å²) in [6.45, 7) is 1.73. The molecular formula is C12H12FNO3. The number of rotatable bonds is 4. The van der Waals surface area contributed by atoms with Gasteiger partial charge in [-0.15, -0.1) is 0 Å². The average molecular weight is 237 g/mol. The summed E-state index contributed by atoms with van der Waals surface area (Å²) in [6.07, 6.45) is 0.778. The number of hydrogen-bond donors (Lipinski definition) is 1. The number of ether oxygens (including phenoxy) is 1. The van der Waals surface area contributed by atoms with Gasteiger partial charge in [0.15, 0.2) is 5.76 Å². The fraction of sp³-hybridized carbons (Fsp3) is 0.250. The number of aliphatic hydroxyl groups is 1. The molecule has 0 spiro atoms. The van der Waals surface area contributed by atoms with Crippen LogP contribution in [0.15, 0.2) is 35.0 Å². The standard InChI is InChI=1S/C12H12FNO3/c1-8(15)11-3-2-9(13)6-12(11)16-7-10-4-5-14-17-10/h2-6,8,15H,7H2,1H3. The van der Waals surface area contributed by atoms with E-state index in [0.29, 0.717) is 17.1 Å². The Morgan fingerprint density at radius 2 is 2.29 bits per heavy atom. The Bertz CT molecular complexity index is 483. The fourth-order valence-corrected chi connectivity index (χ4v) is 1.44. The van der Waals surface area contributed by atoms with Crippen molar-refractivity contribution in [2.45, 2.75) is 19.6 Å². The van der Waals surface area contributed by atoms with Gasteiger partial charge in [0, 0.05) is 17.7 Å². The van der Waals surface area contributed by atoms with Crippen LogP contribution in [0.4, 0.5) is 4.39 Å². The average Bonchev–Trinajstić information content (AvgIpc) is 2.78. The summed E-state index contributed by atoms with van der Waals surface area (Å²) in [6, 6.07) is 5.67. The van der Waals surface area contributed by atoms with Crippen LogP contribution in [-0.4, -0.2) is 10.3 Å². The van der Waals surface area contributed by atoms with E-state index in [0.717, 1.165) is 0 Å². The van der Waals surface area contributed by atoms with Crippen LogP contribution in [-0.2, 0) is 6.61 Å². The quantitative estimate of drug-likeness (QED) is 0.887. The molecule has 5 heteroatoms. The normalized spacial score (nSPS) is 12.4. The molecule has 90 valence electrons. The molecule has 0 saturated carbocycles. The highest BCUT2D eigenvalue weighted by Gasteiger charge is 2.11. The number of aliphatic hydroxyl groups excluding tert-OH is 1. The highest BCUT2D eigenvalue weighted by Crippen LogP contribution is 2.26. The Labute approximate surface area is 97.6 Å². The van der Waals surface area contributed by atoms with Crippen molar-refractivity contribution in [1.29, 1.82) is 0 Å². The smallest absolute Gasteiger partial charge is 0.174 e. The molecule has 17 heavy (non-hydrogen) atoms. The van der Waals surface area contributed by atoms with Crippen molar-refractivity contribution in [3.8, 4) is 5.75 Å². The molecule has 0 radical (unpaired) electrons. The first-order valence-corrected chi connectivity index (χ1v) is 5.16. The summed E-state index contributed by atoms with van der Waals surface area (Å²) >= 11 is 0. The summed E-state index contributed by atoms with van der Waals surface area (Å²) in [5.41, 5.74) is 0.533. The highest BCUT2D eigenvalue weighted by molar-refractivity contribution is 5.35. The van der Waals surface area contributed by atoms with Gasteiger partial charge in [0.2, 0.25) is 0 Å². The second kappa shape index (κ2) is 4.97. The Morgan fingerprint density at radius 1 is 1.47 bits per heavy atom. The van der Waals surface area contributed by atoms with Crippen molar-refractivity contribution in [2.75, 3.05) is 0 Å². The molecule has 2 aromatic rings. The predicted molar refractivity (Wildman–Crippen MR) is 57.9 cm³/mol. The van der Waals surface area contributed by atoms with E-state index in [9.17, 15) is 9.50 Å². The molecule has 0 aliphatic rings. The molecule has 0 aliphatic carbocycles. The van der Waals surface area contributed by atoms with Crippen LogP contribution < -0.4 is 4.74 Å². The van der Waals surface area contributed by atoms with Gasteiger partial charge in [-0.3, -0.25) is 0 Å². The van der Waals surface area contributed by atoms with E-state index < -0.39 is 11.9 Å². The third-order valence-corrected chi connectivity index (χ3v) is 2.29. The van der Waals surface area contributed by atoms with Crippen molar-refractivity contribution in [2.24, 2.45) is 0 Å². The van der Waals surface area contributed by atoms with E-state index in [4.69, 9.17) is 9.26 Å². The van der Waals surface area contributed by atoms with E-state index in [1.54, 1.807) is 13.0 Å². The second-order valence-corrected chi connectivity index (χ2v) is 3.63. The summed E-state index contributed by atoms with van der Waals surface area (Å²) in [5.74, 6) is 0.421. The molecule has 2 rings (SSSR count).